The van der Waals surface area contributed by atoms with Crippen LogP contribution in [-0.4, -0.2) is 41.8 Å². The number of aliphatic hydroxyl groups excluding tert-OH is 1. The Balaban J connectivity index is 2.20. The average molecular weight is 399 g/mol. The number of aryl methyl sites for hydroxylation is 1. The molecular weight excluding hydrogens is 364 g/mol. The second-order valence-electron chi connectivity index (χ2n) is 9.26. The van der Waals surface area contributed by atoms with Crippen LogP contribution in [0.25, 0.3) is 0 Å². The maximum absolute atomic E-state index is 12.2. The molecule has 1 aromatic heterocycles. The predicted molar refractivity (Wildman–Crippen MR) is 108 cm³/mol. The van der Waals surface area contributed by atoms with Gasteiger partial charge in [-0.1, -0.05) is 20.8 Å². The predicted octanol–water partition coefficient (Wildman–Crippen LogP) is 2.54. The van der Waals surface area contributed by atoms with Gasteiger partial charge in [0, 0.05) is 11.8 Å². The first-order valence-electron chi connectivity index (χ1n) is 9.61. The van der Waals surface area contributed by atoms with Crippen LogP contribution in [0.2, 0.25) is 18.1 Å². The quantitative estimate of drug-likeness (QED) is 0.718. The molecule has 8 heteroatoms. The molecule has 0 aromatic carbocycles. The van der Waals surface area contributed by atoms with Crippen molar-refractivity contribution in [3.05, 3.63) is 32.6 Å². The van der Waals surface area contributed by atoms with E-state index in [1.165, 1.54) is 4.57 Å². The molecule has 1 unspecified atom stereocenters. The monoisotopic (exact) mass is 398 g/mol. The summed E-state index contributed by atoms with van der Waals surface area (Å²) in [5.74, 6) is 0.0823. The van der Waals surface area contributed by atoms with Gasteiger partial charge < -0.3 is 14.3 Å². The van der Waals surface area contributed by atoms with E-state index in [1.54, 1.807) is 20.0 Å². The molecule has 0 amide bonds. The van der Waals surface area contributed by atoms with Crippen LogP contribution in [0.1, 0.15) is 52.3 Å². The lowest BCUT2D eigenvalue weighted by Gasteiger charge is -2.37. The van der Waals surface area contributed by atoms with E-state index in [4.69, 9.17) is 9.16 Å². The Kier molecular flexibility index (Phi) is 6.56. The summed E-state index contributed by atoms with van der Waals surface area (Å²) in [5, 5.41) is 9.97. The van der Waals surface area contributed by atoms with E-state index in [-0.39, 0.29) is 22.6 Å². The van der Waals surface area contributed by atoms with Crippen molar-refractivity contribution in [2.75, 3.05) is 6.61 Å². The van der Waals surface area contributed by atoms with Crippen LogP contribution >= 0.6 is 0 Å². The van der Waals surface area contributed by atoms with Crippen molar-refractivity contribution < 1.29 is 14.3 Å². The molecule has 4 atom stereocenters. The van der Waals surface area contributed by atoms with Gasteiger partial charge in [0.15, 0.2) is 8.32 Å². The normalized spacial score (nSPS) is 25.0. The number of hydrogen-bond acceptors (Lipinski definition) is 5. The molecule has 0 spiro atoms. The maximum atomic E-state index is 12.2. The highest BCUT2D eigenvalue weighted by Gasteiger charge is 2.41. The van der Waals surface area contributed by atoms with Crippen LogP contribution in [0.5, 0.6) is 0 Å². The summed E-state index contributed by atoms with van der Waals surface area (Å²) in [7, 11) is -1.93. The molecule has 27 heavy (non-hydrogen) atoms. The third-order valence-corrected chi connectivity index (χ3v) is 10.4. The van der Waals surface area contributed by atoms with Gasteiger partial charge >= 0.3 is 5.69 Å². The highest BCUT2D eigenvalue weighted by Crippen LogP contribution is 2.39. The fraction of sp³-hybridized carbons (Fsp3) is 0.789. The van der Waals surface area contributed by atoms with Crippen LogP contribution in [-0.2, 0) is 9.16 Å². The standard InChI is InChI=1S/C19H34N2O5Si/c1-12-10-21(18(24)20-17(12)23)16-9-14(8-13(2)22)15(26-16)11-25-27(6,7)19(3,4)5/h10,13-16,22H,8-9,11H2,1-7H3,(H,20,23,24)/t13?,14-,15+,16+/m0/s1. The van der Waals surface area contributed by atoms with E-state index >= 15 is 0 Å². The van der Waals surface area contributed by atoms with Gasteiger partial charge in [0.25, 0.3) is 5.56 Å². The number of aromatic nitrogens is 2. The second-order valence-corrected chi connectivity index (χ2v) is 14.1. The van der Waals surface area contributed by atoms with Crippen molar-refractivity contribution in [3.63, 3.8) is 0 Å². The molecule has 1 aliphatic rings. The molecule has 0 bridgehead atoms. The van der Waals surface area contributed by atoms with Gasteiger partial charge in [0.1, 0.15) is 6.23 Å². The van der Waals surface area contributed by atoms with Gasteiger partial charge in [-0.25, -0.2) is 4.79 Å². The summed E-state index contributed by atoms with van der Waals surface area (Å²) in [6.45, 7) is 14.8. The molecule has 7 nitrogen and oxygen atoms in total. The Labute approximate surface area is 161 Å². The number of ether oxygens (including phenoxy) is 1. The molecular formula is C19H34N2O5Si. The first-order chi connectivity index (χ1) is 12.3. The summed E-state index contributed by atoms with van der Waals surface area (Å²) < 4.78 is 13.9. The Morgan fingerprint density at radius 1 is 1.41 bits per heavy atom. The van der Waals surface area contributed by atoms with Gasteiger partial charge in [-0.05, 0) is 50.7 Å². The topological polar surface area (TPSA) is 93.6 Å². The van der Waals surface area contributed by atoms with Crippen molar-refractivity contribution in [1.29, 1.82) is 0 Å². The smallest absolute Gasteiger partial charge is 0.330 e. The Hall–Kier alpha value is -1.22. The third kappa shape index (κ3) is 5.19. The van der Waals surface area contributed by atoms with Crippen LogP contribution < -0.4 is 11.2 Å². The van der Waals surface area contributed by atoms with E-state index in [0.29, 0.717) is 25.0 Å². The van der Waals surface area contributed by atoms with Crippen molar-refractivity contribution in [2.24, 2.45) is 5.92 Å². The second kappa shape index (κ2) is 8.03. The largest absolute Gasteiger partial charge is 0.414 e. The van der Waals surface area contributed by atoms with Crippen molar-refractivity contribution >= 4 is 8.32 Å². The molecule has 2 heterocycles. The summed E-state index contributed by atoms with van der Waals surface area (Å²) in [5.41, 5.74) is -0.392. The van der Waals surface area contributed by atoms with Crippen molar-refractivity contribution in [3.8, 4) is 0 Å². The molecule has 1 aromatic rings. The molecule has 154 valence electrons. The molecule has 1 fully saturated rings. The number of nitrogens with one attached hydrogen (secondary N) is 1. The fourth-order valence-corrected chi connectivity index (χ4v) is 4.14. The average Bonchev–Trinajstić information content (AvgIpc) is 2.89. The molecule has 0 aliphatic carbocycles. The Morgan fingerprint density at radius 2 is 2.04 bits per heavy atom. The van der Waals surface area contributed by atoms with Gasteiger partial charge in [0.2, 0.25) is 0 Å². The van der Waals surface area contributed by atoms with Gasteiger partial charge in [-0.3, -0.25) is 14.3 Å². The van der Waals surface area contributed by atoms with Gasteiger partial charge in [-0.15, -0.1) is 0 Å². The SMILES string of the molecule is Cc1cn([C@H]2C[C@H](CC(C)O)[C@@H](CO[Si](C)(C)C(C)(C)C)O2)c(=O)[nH]c1=O. The lowest BCUT2D eigenvalue weighted by molar-refractivity contribution is -0.0332. The minimum Gasteiger partial charge on any atom is -0.414 e. The molecule has 0 saturated carbocycles. The summed E-state index contributed by atoms with van der Waals surface area (Å²) in [6, 6.07) is 0. The summed E-state index contributed by atoms with van der Waals surface area (Å²) >= 11 is 0. The number of aliphatic hydroxyl groups is 1. The summed E-state index contributed by atoms with van der Waals surface area (Å²) in [4.78, 5) is 26.2. The van der Waals surface area contributed by atoms with Crippen molar-refractivity contribution in [2.45, 2.75) is 84.0 Å². The van der Waals surface area contributed by atoms with Crippen LogP contribution in [0.4, 0.5) is 0 Å². The lowest BCUT2D eigenvalue weighted by Crippen LogP contribution is -2.43. The maximum Gasteiger partial charge on any atom is 0.330 e. The number of aromatic amines is 1. The fourth-order valence-electron chi connectivity index (χ4n) is 3.13. The minimum absolute atomic E-state index is 0.0823. The number of rotatable bonds is 6. The van der Waals surface area contributed by atoms with E-state index in [1.807, 2.05) is 0 Å². The van der Waals surface area contributed by atoms with E-state index in [9.17, 15) is 14.7 Å². The molecule has 2 N–H and O–H groups in total. The molecule has 2 rings (SSSR count). The van der Waals surface area contributed by atoms with Gasteiger partial charge in [0.05, 0.1) is 18.8 Å². The minimum atomic E-state index is -1.93. The zero-order valence-electron chi connectivity index (χ0n) is 17.5. The van der Waals surface area contributed by atoms with Crippen molar-refractivity contribution in [1.82, 2.24) is 9.55 Å². The highest BCUT2D eigenvalue weighted by atomic mass is 28.4. The Bertz CT molecular complexity index is 763. The zero-order chi connectivity index (χ0) is 20.6. The number of H-pyrrole nitrogens is 1. The first-order valence-corrected chi connectivity index (χ1v) is 12.5. The first kappa shape index (κ1) is 22.1. The third-order valence-electron chi connectivity index (χ3n) is 5.88. The van der Waals surface area contributed by atoms with Gasteiger partial charge in [-0.2, -0.15) is 0 Å². The molecule has 1 saturated heterocycles. The lowest BCUT2D eigenvalue weighted by atomic mass is 9.95. The van der Waals surface area contributed by atoms with Crippen LogP contribution in [0, 0.1) is 12.8 Å². The molecule has 0 radical (unpaired) electrons. The van der Waals surface area contributed by atoms with E-state index < -0.39 is 26.3 Å². The Morgan fingerprint density at radius 3 is 2.59 bits per heavy atom. The zero-order valence-corrected chi connectivity index (χ0v) is 18.5. The number of hydrogen-bond donors (Lipinski definition) is 2. The summed E-state index contributed by atoms with van der Waals surface area (Å²) in [6.07, 6.45) is 1.60. The number of nitrogens with zero attached hydrogens (tertiary/aromatic N) is 1. The highest BCUT2D eigenvalue weighted by molar-refractivity contribution is 6.74. The van der Waals surface area contributed by atoms with Crippen LogP contribution in [0.3, 0.4) is 0 Å². The molecule has 1 aliphatic heterocycles. The van der Waals surface area contributed by atoms with E-state index in [0.717, 1.165) is 0 Å². The van der Waals surface area contributed by atoms with Crippen LogP contribution in [0.15, 0.2) is 15.8 Å². The van der Waals surface area contributed by atoms with E-state index in [2.05, 4.69) is 38.8 Å².